The molecule has 3 nitrogen and oxygen atoms in total. The number of hydrogen-bond donors (Lipinski definition) is 1. The third-order valence-corrected chi connectivity index (χ3v) is 4.28. The summed E-state index contributed by atoms with van der Waals surface area (Å²) in [5, 5.41) is 0. The molecule has 3 rings (SSSR count). The second kappa shape index (κ2) is 4.11. The molecule has 2 aromatic rings. The van der Waals surface area contributed by atoms with E-state index in [4.69, 9.17) is 0 Å². The maximum absolute atomic E-state index is 12.2. The van der Waals surface area contributed by atoms with E-state index in [-0.39, 0.29) is 16.6 Å². The number of aromatic amines is 1. The van der Waals surface area contributed by atoms with Gasteiger partial charge < -0.3 is 4.98 Å². The predicted octanol–water partition coefficient (Wildman–Crippen LogP) is 2.96. The molecule has 88 valence electrons. The lowest BCUT2D eigenvalue weighted by Crippen LogP contribution is -2.10. The molecule has 1 aliphatic rings. The van der Waals surface area contributed by atoms with Crippen molar-refractivity contribution < 1.29 is 4.79 Å². The van der Waals surface area contributed by atoms with Crippen LogP contribution in [0.3, 0.4) is 0 Å². The molecular formula is C13H13NO2S. The smallest absolute Gasteiger partial charge is 0.305 e. The number of fused-ring (bicyclic) bond motifs is 1. The van der Waals surface area contributed by atoms with E-state index in [1.807, 2.05) is 18.2 Å². The highest BCUT2D eigenvalue weighted by atomic mass is 32.1. The summed E-state index contributed by atoms with van der Waals surface area (Å²) in [5.74, 6) is 0.438. The third kappa shape index (κ3) is 1.93. The van der Waals surface area contributed by atoms with Crippen LogP contribution in [-0.2, 0) is 0 Å². The third-order valence-electron chi connectivity index (χ3n) is 3.43. The van der Waals surface area contributed by atoms with E-state index in [1.165, 1.54) is 0 Å². The van der Waals surface area contributed by atoms with E-state index in [0.29, 0.717) is 0 Å². The number of Topliss-reactive ketones (excluding diaryl/α,β-unsaturated/α-hetero) is 1. The Hall–Kier alpha value is -1.42. The topological polar surface area (TPSA) is 49.9 Å². The van der Waals surface area contributed by atoms with Crippen molar-refractivity contribution in [2.75, 3.05) is 0 Å². The Morgan fingerprint density at radius 3 is 2.82 bits per heavy atom. The average molecular weight is 247 g/mol. The Morgan fingerprint density at radius 2 is 2.06 bits per heavy atom. The first-order valence-corrected chi connectivity index (χ1v) is 6.73. The van der Waals surface area contributed by atoms with E-state index in [9.17, 15) is 9.59 Å². The van der Waals surface area contributed by atoms with Crippen LogP contribution in [0.5, 0.6) is 0 Å². The Balaban J connectivity index is 1.99. The van der Waals surface area contributed by atoms with Gasteiger partial charge in [0.1, 0.15) is 0 Å². The Morgan fingerprint density at radius 1 is 1.29 bits per heavy atom. The summed E-state index contributed by atoms with van der Waals surface area (Å²) in [6.45, 7) is 0. The molecular weight excluding hydrogens is 234 g/mol. The van der Waals surface area contributed by atoms with E-state index in [0.717, 1.165) is 52.8 Å². The minimum Gasteiger partial charge on any atom is -0.312 e. The van der Waals surface area contributed by atoms with Gasteiger partial charge >= 0.3 is 4.87 Å². The number of ketones is 1. The standard InChI is InChI=1S/C13H13NO2S/c15-12(8-3-1-2-4-8)9-5-6-10-11(7-9)17-13(16)14-10/h5-8H,1-4H2,(H,14,16). The van der Waals surface area contributed by atoms with Gasteiger partial charge in [0.05, 0.1) is 10.2 Å². The van der Waals surface area contributed by atoms with Crippen LogP contribution in [0, 0.1) is 5.92 Å². The van der Waals surface area contributed by atoms with Gasteiger partial charge in [-0.15, -0.1) is 0 Å². The minimum atomic E-state index is -0.0644. The lowest BCUT2D eigenvalue weighted by molar-refractivity contribution is 0.0923. The molecule has 0 saturated heterocycles. The molecule has 0 spiro atoms. The van der Waals surface area contributed by atoms with E-state index < -0.39 is 0 Å². The van der Waals surface area contributed by atoms with E-state index >= 15 is 0 Å². The molecule has 17 heavy (non-hydrogen) atoms. The maximum Gasteiger partial charge on any atom is 0.305 e. The maximum atomic E-state index is 12.2. The van der Waals surface area contributed by atoms with Crippen LogP contribution >= 0.6 is 11.3 Å². The summed E-state index contributed by atoms with van der Waals surface area (Å²) in [6.07, 6.45) is 4.35. The van der Waals surface area contributed by atoms with E-state index in [1.54, 1.807) is 0 Å². The minimum absolute atomic E-state index is 0.0644. The molecule has 0 aliphatic heterocycles. The molecule has 1 N–H and O–H groups in total. The highest BCUT2D eigenvalue weighted by Crippen LogP contribution is 2.29. The average Bonchev–Trinajstić information content (AvgIpc) is 2.94. The number of aromatic nitrogens is 1. The number of carbonyl (C=O) groups excluding carboxylic acids is 1. The molecule has 0 unspecified atom stereocenters. The normalized spacial score (nSPS) is 16.7. The van der Waals surface area contributed by atoms with Crippen molar-refractivity contribution in [2.24, 2.45) is 5.92 Å². The van der Waals surface area contributed by atoms with Crippen LogP contribution in [0.2, 0.25) is 0 Å². The molecule has 0 amide bonds. The molecule has 4 heteroatoms. The number of benzene rings is 1. The summed E-state index contributed by atoms with van der Waals surface area (Å²) in [6, 6.07) is 5.50. The Kier molecular flexibility index (Phi) is 2.59. The fraction of sp³-hybridized carbons (Fsp3) is 0.385. The first-order valence-electron chi connectivity index (χ1n) is 5.91. The van der Waals surface area contributed by atoms with Crippen LogP contribution in [0.25, 0.3) is 10.2 Å². The second-order valence-corrected chi connectivity index (χ2v) is 5.59. The molecule has 0 radical (unpaired) electrons. The summed E-state index contributed by atoms with van der Waals surface area (Å²) in [5.41, 5.74) is 1.57. The number of rotatable bonds is 2. The zero-order valence-corrected chi connectivity index (χ0v) is 10.2. The van der Waals surface area contributed by atoms with Crippen LogP contribution in [-0.4, -0.2) is 10.8 Å². The summed E-state index contributed by atoms with van der Waals surface area (Å²) in [4.78, 5) is 26.1. The molecule has 1 aliphatic carbocycles. The van der Waals surface area contributed by atoms with E-state index in [2.05, 4.69) is 4.98 Å². The largest absolute Gasteiger partial charge is 0.312 e. The van der Waals surface area contributed by atoms with Gasteiger partial charge in [0.25, 0.3) is 0 Å². The van der Waals surface area contributed by atoms with Crippen molar-refractivity contribution in [1.82, 2.24) is 4.98 Å². The highest BCUT2D eigenvalue weighted by molar-refractivity contribution is 7.16. The molecule has 0 bridgehead atoms. The van der Waals surface area contributed by atoms with Gasteiger partial charge in [0, 0.05) is 11.5 Å². The molecule has 1 fully saturated rings. The second-order valence-electron chi connectivity index (χ2n) is 4.57. The highest BCUT2D eigenvalue weighted by Gasteiger charge is 2.23. The number of nitrogens with one attached hydrogen (secondary N) is 1. The molecule has 1 aromatic heterocycles. The van der Waals surface area contributed by atoms with Crippen molar-refractivity contribution >= 4 is 27.3 Å². The number of thiazole rings is 1. The lowest BCUT2D eigenvalue weighted by Gasteiger charge is -2.07. The van der Waals surface area contributed by atoms with Gasteiger partial charge in [0.2, 0.25) is 0 Å². The van der Waals surface area contributed by atoms with Crippen molar-refractivity contribution in [1.29, 1.82) is 0 Å². The van der Waals surface area contributed by atoms with Gasteiger partial charge in [-0.1, -0.05) is 24.2 Å². The summed E-state index contributed by atoms with van der Waals surface area (Å²) < 4.78 is 0.874. The number of H-pyrrole nitrogens is 1. The number of carbonyl (C=O) groups is 1. The fourth-order valence-electron chi connectivity index (χ4n) is 2.52. The monoisotopic (exact) mass is 247 g/mol. The van der Waals surface area contributed by atoms with Crippen molar-refractivity contribution in [3.05, 3.63) is 33.4 Å². The fourth-order valence-corrected chi connectivity index (χ4v) is 3.30. The predicted molar refractivity (Wildman–Crippen MR) is 68.7 cm³/mol. The molecule has 1 saturated carbocycles. The first-order chi connectivity index (χ1) is 8.24. The number of hydrogen-bond acceptors (Lipinski definition) is 3. The van der Waals surface area contributed by atoms with Crippen LogP contribution in [0.15, 0.2) is 23.0 Å². The quantitative estimate of drug-likeness (QED) is 0.829. The molecule has 0 atom stereocenters. The van der Waals surface area contributed by atoms with Gasteiger partial charge in [-0.25, -0.2) is 0 Å². The van der Waals surface area contributed by atoms with Gasteiger partial charge in [-0.3, -0.25) is 9.59 Å². The van der Waals surface area contributed by atoms with Crippen molar-refractivity contribution in [3.63, 3.8) is 0 Å². The van der Waals surface area contributed by atoms with Crippen LogP contribution in [0.4, 0.5) is 0 Å². The van der Waals surface area contributed by atoms with Crippen molar-refractivity contribution in [3.8, 4) is 0 Å². The van der Waals surface area contributed by atoms with Crippen LogP contribution in [0.1, 0.15) is 36.0 Å². The Labute approximate surface area is 102 Å². The zero-order chi connectivity index (χ0) is 11.8. The Bertz CT molecular complexity index is 620. The van der Waals surface area contributed by atoms with Gasteiger partial charge in [0.15, 0.2) is 5.78 Å². The molecule has 1 heterocycles. The zero-order valence-electron chi connectivity index (χ0n) is 9.36. The lowest BCUT2D eigenvalue weighted by atomic mass is 9.96. The SMILES string of the molecule is O=C(c1ccc2[nH]c(=O)sc2c1)C1CCCC1. The molecule has 1 aromatic carbocycles. The van der Waals surface area contributed by atoms with Crippen LogP contribution < -0.4 is 4.87 Å². The van der Waals surface area contributed by atoms with Gasteiger partial charge in [-0.05, 0) is 31.0 Å². The first kappa shape index (κ1) is 10.7. The summed E-state index contributed by atoms with van der Waals surface area (Å²) >= 11 is 1.16. The van der Waals surface area contributed by atoms with Gasteiger partial charge in [-0.2, -0.15) is 0 Å². The summed E-state index contributed by atoms with van der Waals surface area (Å²) in [7, 11) is 0. The van der Waals surface area contributed by atoms with Crippen molar-refractivity contribution in [2.45, 2.75) is 25.7 Å².